The summed E-state index contributed by atoms with van der Waals surface area (Å²) in [4.78, 5) is 6.73. The number of ether oxygens (including phenoxy) is 1. The average Bonchev–Trinajstić information content (AvgIpc) is 3.12. The van der Waals surface area contributed by atoms with E-state index in [0.717, 1.165) is 11.8 Å². The van der Waals surface area contributed by atoms with Gasteiger partial charge in [-0.3, -0.25) is 0 Å². The van der Waals surface area contributed by atoms with E-state index in [1.54, 1.807) is 10.6 Å². The number of aliphatic hydroxyl groups is 1. The maximum absolute atomic E-state index is 13.5. The van der Waals surface area contributed by atoms with E-state index in [4.69, 9.17) is 9.84 Å². The SMILES string of the molecule is Cc1c(Cc2c(CO)nc3c(NC(C)(C)C)cc(N4CCOCC4)nn23)cccc1C(F)(F)F. The molecule has 3 heterocycles. The van der Waals surface area contributed by atoms with Crippen LogP contribution in [0.4, 0.5) is 24.7 Å². The fraction of sp³-hybridized carbons (Fsp3) is 0.500. The number of anilines is 2. The van der Waals surface area contributed by atoms with Gasteiger partial charge in [0, 0.05) is 31.1 Å². The van der Waals surface area contributed by atoms with Crippen molar-refractivity contribution in [2.45, 2.75) is 52.4 Å². The number of fused-ring (bicyclic) bond motifs is 1. The number of aliphatic hydroxyl groups excluding tert-OH is 1. The molecule has 1 aliphatic rings. The largest absolute Gasteiger partial charge is 0.416 e. The third kappa shape index (κ3) is 4.97. The zero-order valence-corrected chi connectivity index (χ0v) is 19.8. The summed E-state index contributed by atoms with van der Waals surface area (Å²) in [6.45, 7) is 9.74. The van der Waals surface area contributed by atoms with E-state index < -0.39 is 11.7 Å². The van der Waals surface area contributed by atoms with E-state index in [0.29, 0.717) is 54.7 Å². The second kappa shape index (κ2) is 9.07. The lowest BCUT2D eigenvalue weighted by Crippen LogP contribution is -2.37. The number of rotatable bonds is 5. The molecule has 2 N–H and O–H groups in total. The van der Waals surface area contributed by atoms with Gasteiger partial charge >= 0.3 is 6.18 Å². The Morgan fingerprint density at radius 2 is 1.85 bits per heavy atom. The summed E-state index contributed by atoms with van der Waals surface area (Å²) in [7, 11) is 0. The molecular formula is C24H30F3N5O2. The minimum absolute atomic E-state index is 0.154. The summed E-state index contributed by atoms with van der Waals surface area (Å²) >= 11 is 0. The predicted octanol–water partition coefficient (Wildman–Crippen LogP) is 4.19. The van der Waals surface area contributed by atoms with Crippen molar-refractivity contribution in [2.24, 2.45) is 0 Å². The normalized spacial score (nSPS) is 15.2. The predicted molar refractivity (Wildman–Crippen MR) is 124 cm³/mol. The van der Waals surface area contributed by atoms with E-state index in [-0.39, 0.29) is 24.1 Å². The number of hydrogen-bond donors (Lipinski definition) is 2. The first-order valence-corrected chi connectivity index (χ1v) is 11.3. The van der Waals surface area contributed by atoms with Crippen LogP contribution in [0.3, 0.4) is 0 Å². The molecule has 4 rings (SSSR count). The molecule has 7 nitrogen and oxygen atoms in total. The third-order valence-corrected chi connectivity index (χ3v) is 5.85. The molecule has 0 saturated carbocycles. The highest BCUT2D eigenvalue weighted by molar-refractivity contribution is 5.72. The molecular weight excluding hydrogens is 447 g/mol. The van der Waals surface area contributed by atoms with Gasteiger partial charge in [-0.05, 0) is 44.9 Å². The van der Waals surface area contributed by atoms with E-state index in [1.807, 2.05) is 26.8 Å². The topological polar surface area (TPSA) is 74.9 Å². The Morgan fingerprint density at radius 3 is 2.47 bits per heavy atom. The fourth-order valence-corrected chi connectivity index (χ4v) is 4.21. The van der Waals surface area contributed by atoms with Gasteiger partial charge in [0.1, 0.15) is 0 Å². The molecule has 1 aliphatic heterocycles. The second-order valence-corrected chi connectivity index (χ2v) is 9.55. The number of nitrogens with one attached hydrogen (secondary N) is 1. The van der Waals surface area contributed by atoms with Crippen molar-refractivity contribution in [1.29, 1.82) is 0 Å². The van der Waals surface area contributed by atoms with Gasteiger partial charge in [-0.1, -0.05) is 12.1 Å². The van der Waals surface area contributed by atoms with E-state index in [1.165, 1.54) is 13.0 Å². The highest BCUT2D eigenvalue weighted by atomic mass is 19.4. The Balaban J connectivity index is 1.87. The Bertz CT molecular complexity index is 1180. The van der Waals surface area contributed by atoms with E-state index in [2.05, 4.69) is 15.2 Å². The first-order valence-electron chi connectivity index (χ1n) is 11.3. The molecule has 0 atom stereocenters. The molecule has 0 unspecified atom stereocenters. The Morgan fingerprint density at radius 1 is 1.15 bits per heavy atom. The fourth-order valence-electron chi connectivity index (χ4n) is 4.21. The van der Waals surface area contributed by atoms with Crippen LogP contribution in [0.2, 0.25) is 0 Å². The second-order valence-electron chi connectivity index (χ2n) is 9.55. The minimum Gasteiger partial charge on any atom is -0.390 e. The van der Waals surface area contributed by atoms with Crippen LogP contribution in [0.25, 0.3) is 5.65 Å². The van der Waals surface area contributed by atoms with Gasteiger partial charge in [0.2, 0.25) is 0 Å². The summed E-state index contributed by atoms with van der Waals surface area (Å²) in [6, 6.07) is 6.09. The number of morpholine rings is 1. The van der Waals surface area contributed by atoms with Crippen LogP contribution in [0.15, 0.2) is 24.3 Å². The lowest BCUT2D eigenvalue weighted by Gasteiger charge is -2.29. The van der Waals surface area contributed by atoms with Crippen molar-refractivity contribution in [3.8, 4) is 0 Å². The van der Waals surface area contributed by atoms with Crippen LogP contribution >= 0.6 is 0 Å². The molecule has 34 heavy (non-hydrogen) atoms. The van der Waals surface area contributed by atoms with Gasteiger partial charge in [-0.25, -0.2) is 9.50 Å². The first kappa shape index (κ1) is 24.3. The molecule has 0 amide bonds. The van der Waals surface area contributed by atoms with Gasteiger partial charge in [0.15, 0.2) is 11.5 Å². The van der Waals surface area contributed by atoms with Crippen molar-refractivity contribution >= 4 is 17.2 Å². The zero-order valence-electron chi connectivity index (χ0n) is 19.8. The number of imidazole rings is 1. The van der Waals surface area contributed by atoms with E-state index in [9.17, 15) is 18.3 Å². The monoisotopic (exact) mass is 477 g/mol. The number of alkyl halides is 3. The summed E-state index contributed by atoms with van der Waals surface area (Å²) in [5.41, 5.74) is 1.95. The van der Waals surface area contributed by atoms with Crippen molar-refractivity contribution in [3.05, 3.63) is 52.3 Å². The average molecular weight is 478 g/mol. The molecule has 1 saturated heterocycles. The minimum atomic E-state index is -4.44. The van der Waals surface area contributed by atoms with Gasteiger partial charge in [-0.15, -0.1) is 5.10 Å². The molecule has 1 aromatic carbocycles. The van der Waals surface area contributed by atoms with Crippen LogP contribution < -0.4 is 10.2 Å². The maximum Gasteiger partial charge on any atom is 0.416 e. The number of benzene rings is 1. The summed E-state index contributed by atoms with van der Waals surface area (Å²) < 4.78 is 47.6. The van der Waals surface area contributed by atoms with Crippen molar-refractivity contribution in [1.82, 2.24) is 14.6 Å². The molecule has 184 valence electrons. The van der Waals surface area contributed by atoms with Crippen LogP contribution in [0, 0.1) is 6.92 Å². The number of hydrogen-bond acceptors (Lipinski definition) is 6. The molecule has 2 aromatic heterocycles. The highest BCUT2D eigenvalue weighted by Crippen LogP contribution is 2.34. The third-order valence-electron chi connectivity index (χ3n) is 5.85. The molecule has 10 heteroatoms. The van der Waals surface area contributed by atoms with Crippen molar-refractivity contribution in [2.75, 3.05) is 36.5 Å². The number of nitrogens with zero attached hydrogens (tertiary/aromatic N) is 4. The quantitative estimate of drug-likeness (QED) is 0.574. The van der Waals surface area contributed by atoms with Gasteiger partial charge in [-0.2, -0.15) is 13.2 Å². The lowest BCUT2D eigenvalue weighted by molar-refractivity contribution is -0.138. The smallest absolute Gasteiger partial charge is 0.390 e. The highest BCUT2D eigenvalue weighted by Gasteiger charge is 2.33. The maximum atomic E-state index is 13.5. The standard InChI is InChI=1S/C24H30F3N5O2/c1-15-16(6-5-7-17(15)24(25,26)27)12-20-19(14-33)28-22-18(29-23(2,3)4)13-21(30-32(20)22)31-8-10-34-11-9-31/h5-7,13,29,33H,8-12,14H2,1-4H3. The molecule has 0 aliphatic carbocycles. The summed E-state index contributed by atoms with van der Waals surface area (Å²) in [5, 5.41) is 18.3. The Hall–Kier alpha value is -2.85. The van der Waals surface area contributed by atoms with Crippen LogP contribution in [-0.4, -0.2) is 51.5 Å². The lowest BCUT2D eigenvalue weighted by atomic mass is 9.98. The Kier molecular flexibility index (Phi) is 6.48. The van der Waals surface area contributed by atoms with E-state index >= 15 is 0 Å². The van der Waals surface area contributed by atoms with Crippen LogP contribution in [-0.2, 0) is 23.9 Å². The van der Waals surface area contributed by atoms with Gasteiger partial charge < -0.3 is 20.1 Å². The van der Waals surface area contributed by atoms with Crippen molar-refractivity contribution in [3.63, 3.8) is 0 Å². The number of halogens is 3. The molecule has 3 aromatic rings. The summed E-state index contributed by atoms with van der Waals surface area (Å²) in [5.74, 6) is 0.714. The zero-order chi connectivity index (χ0) is 24.7. The first-order chi connectivity index (χ1) is 16.0. The van der Waals surface area contributed by atoms with Crippen LogP contribution in [0.5, 0.6) is 0 Å². The summed E-state index contributed by atoms with van der Waals surface area (Å²) in [6.07, 6.45) is -4.29. The van der Waals surface area contributed by atoms with Gasteiger partial charge in [0.25, 0.3) is 0 Å². The van der Waals surface area contributed by atoms with Crippen molar-refractivity contribution < 1.29 is 23.0 Å². The molecule has 0 bridgehead atoms. The molecule has 0 spiro atoms. The van der Waals surface area contributed by atoms with Gasteiger partial charge in [0.05, 0.1) is 42.5 Å². The Labute approximate surface area is 196 Å². The number of aromatic nitrogens is 3. The molecule has 0 radical (unpaired) electrons. The molecule has 1 fully saturated rings. The van der Waals surface area contributed by atoms with Crippen LogP contribution in [0.1, 0.15) is 48.8 Å².